The lowest BCUT2D eigenvalue weighted by atomic mass is 9.77. The molecule has 1 aliphatic rings. The maximum absolute atomic E-state index is 11.2. The van der Waals surface area contributed by atoms with Crippen molar-refractivity contribution >= 4 is 19.5 Å². The minimum absolute atomic E-state index is 0.0294. The number of ether oxygens (including phenoxy) is 1. The molecule has 7 heteroatoms. The Morgan fingerprint density at radius 1 is 1.28 bits per heavy atom. The zero-order chi connectivity index (χ0) is 18.8. The van der Waals surface area contributed by atoms with Gasteiger partial charge in [0.05, 0.1) is 18.3 Å². The third-order valence-corrected chi connectivity index (χ3v) is 4.76. The molecule has 1 saturated heterocycles. The van der Waals surface area contributed by atoms with Crippen molar-refractivity contribution in [1.82, 2.24) is 5.32 Å². The van der Waals surface area contributed by atoms with Crippen LogP contribution < -0.4 is 10.1 Å². The molecule has 6 nitrogen and oxygen atoms in total. The fourth-order valence-corrected chi connectivity index (χ4v) is 2.59. The van der Waals surface area contributed by atoms with Gasteiger partial charge in [0, 0.05) is 17.7 Å². The van der Waals surface area contributed by atoms with Gasteiger partial charge in [-0.05, 0) is 52.3 Å². The van der Waals surface area contributed by atoms with E-state index >= 15 is 0 Å². The minimum atomic E-state index is -0.553. The van der Waals surface area contributed by atoms with Gasteiger partial charge in [0.1, 0.15) is 6.29 Å². The van der Waals surface area contributed by atoms with E-state index in [2.05, 4.69) is 5.32 Å². The molecule has 1 aromatic carbocycles. The Balaban J connectivity index is 2.46. The SMILES string of the molecule is CNCC(=Cc1cc(C=O)cc(OC)c1O)B1OC(C)(C)C(C)(C)O1. The number of carbonyl (C=O) groups excluding carboxylic acids is 1. The predicted molar refractivity (Wildman–Crippen MR) is 98.0 cm³/mol. The number of nitrogens with one attached hydrogen (secondary N) is 1. The Morgan fingerprint density at radius 2 is 1.88 bits per heavy atom. The Morgan fingerprint density at radius 3 is 2.36 bits per heavy atom. The lowest BCUT2D eigenvalue weighted by Gasteiger charge is -2.32. The van der Waals surface area contributed by atoms with Gasteiger partial charge in [-0.25, -0.2) is 0 Å². The molecule has 1 aliphatic heterocycles. The number of aldehydes is 1. The van der Waals surface area contributed by atoms with E-state index in [0.29, 0.717) is 24.0 Å². The molecule has 0 amide bonds. The lowest BCUT2D eigenvalue weighted by Crippen LogP contribution is -2.41. The smallest absolute Gasteiger partial charge is 0.491 e. The standard InChI is InChI=1S/C18H26BNO5/c1-17(2)18(3,4)25-19(24-17)14(10-20-5)9-13-7-12(11-21)8-15(23-6)16(13)22/h7-9,11,20,22H,10H2,1-6H3. The van der Waals surface area contributed by atoms with Gasteiger partial charge in [0.25, 0.3) is 0 Å². The van der Waals surface area contributed by atoms with Gasteiger partial charge in [-0.2, -0.15) is 0 Å². The van der Waals surface area contributed by atoms with Gasteiger partial charge >= 0.3 is 7.12 Å². The number of methoxy groups -OCH3 is 1. The predicted octanol–water partition coefficient (Wildman–Crippen LogP) is 2.45. The second-order valence-corrected chi connectivity index (χ2v) is 7.12. The summed E-state index contributed by atoms with van der Waals surface area (Å²) in [6.07, 6.45) is 2.48. The summed E-state index contributed by atoms with van der Waals surface area (Å²) in [5.41, 5.74) is 0.769. The van der Waals surface area contributed by atoms with Gasteiger partial charge in [0.2, 0.25) is 0 Å². The molecule has 2 N–H and O–H groups in total. The average Bonchev–Trinajstić information content (AvgIpc) is 2.76. The van der Waals surface area contributed by atoms with Gasteiger partial charge in [-0.3, -0.25) is 4.79 Å². The summed E-state index contributed by atoms with van der Waals surface area (Å²) in [4.78, 5) is 11.2. The monoisotopic (exact) mass is 347 g/mol. The summed E-state index contributed by atoms with van der Waals surface area (Å²) in [6.45, 7) is 8.44. The van der Waals surface area contributed by atoms with Crippen LogP contribution in [0.3, 0.4) is 0 Å². The zero-order valence-electron chi connectivity index (χ0n) is 15.7. The summed E-state index contributed by atoms with van der Waals surface area (Å²) < 4.78 is 17.3. The van der Waals surface area contributed by atoms with E-state index in [1.807, 2.05) is 34.7 Å². The third-order valence-electron chi connectivity index (χ3n) is 4.76. The molecule has 25 heavy (non-hydrogen) atoms. The molecule has 1 aromatic rings. The molecule has 0 aliphatic carbocycles. The minimum Gasteiger partial charge on any atom is -0.504 e. The molecule has 0 bridgehead atoms. The van der Waals surface area contributed by atoms with Crippen molar-refractivity contribution < 1.29 is 23.9 Å². The normalized spacial score (nSPS) is 19.1. The summed E-state index contributed by atoms with van der Waals surface area (Å²) in [5.74, 6) is 0.215. The number of phenolic OH excluding ortho intramolecular Hbond substituents is 1. The molecule has 0 unspecified atom stereocenters. The van der Waals surface area contributed by atoms with E-state index in [1.54, 1.807) is 12.1 Å². The molecular weight excluding hydrogens is 321 g/mol. The largest absolute Gasteiger partial charge is 0.504 e. The Labute approximate surface area is 149 Å². The van der Waals surface area contributed by atoms with E-state index in [0.717, 1.165) is 5.47 Å². The lowest BCUT2D eigenvalue weighted by molar-refractivity contribution is 0.00578. The quantitative estimate of drug-likeness (QED) is 0.608. The Bertz CT molecular complexity index is 668. The third kappa shape index (κ3) is 3.89. The molecule has 1 fully saturated rings. The first-order chi connectivity index (χ1) is 11.6. The molecule has 0 radical (unpaired) electrons. The fourth-order valence-electron chi connectivity index (χ4n) is 2.59. The molecular formula is C18H26BNO5. The van der Waals surface area contributed by atoms with Gasteiger partial charge in [0.15, 0.2) is 11.5 Å². The second kappa shape index (κ2) is 7.19. The van der Waals surface area contributed by atoms with Crippen molar-refractivity contribution in [2.75, 3.05) is 20.7 Å². The zero-order valence-corrected chi connectivity index (χ0v) is 15.7. The van der Waals surface area contributed by atoms with Crippen LogP contribution in [-0.4, -0.2) is 50.4 Å². The number of benzene rings is 1. The number of carbonyl (C=O) groups is 1. The van der Waals surface area contributed by atoms with Crippen molar-refractivity contribution in [2.24, 2.45) is 0 Å². The van der Waals surface area contributed by atoms with Crippen molar-refractivity contribution in [1.29, 1.82) is 0 Å². The first-order valence-electron chi connectivity index (χ1n) is 8.22. The van der Waals surface area contributed by atoms with E-state index in [4.69, 9.17) is 14.0 Å². The first-order valence-corrected chi connectivity index (χ1v) is 8.22. The van der Waals surface area contributed by atoms with Crippen LogP contribution in [0.25, 0.3) is 6.08 Å². The number of aromatic hydroxyl groups is 1. The van der Waals surface area contributed by atoms with E-state index in [9.17, 15) is 9.90 Å². The number of hydrogen-bond acceptors (Lipinski definition) is 6. The Hall–Kier alpha value is -1.83. The highest BCUT2D eigenvalue weighted by Gasteiger charge is 2.52. The average molecular weight is 347 g/mol. The van der Waals surface area contributed by atoms with E-state index in [-0.39, 0.29) is 11.5 Å². The Kier molecular flexibility index (Phi) is 5.61. The van der Waals surface area contributed by atoms with Crippen LogP contribution in [0.2, 0.25) is 0 Å². The van der Waals surface area contributed by atoms with Gasteiger partial charge in [-0.15, -0.1) is 0 Å². The van der Waals surface area contributed by atoms with Crippen LogP contribution in [0.4, 0.5) is 0 Å². The van der Waals surface area contributed by atoms with Crippen LogP contribution >= 0.6 is 0 Å². The number of likely N-dealkylation sites (N-methyl/N-ethyl adjacent to an activating group) is 1. The molecule has 2 rings (SSSR count). The summed E-state index contributed by atoms with van der Waals surface area (Å²) in [7, 11) is 2.71. The van der Waals surface area contributed by atoms with E-state index < -0.39 is 18.3 Å². The van der Waals surface area contributed by atoms with Crippen LogP contribution in [0.1, 0.15) is 43.6 Å². The topological polar surface area (TPSA) is 77.0 Å². The summed E-state index contributed by atoms with van der Waals surface area (Å²) >= 11 is 0. The molecule has 0 spiro atoms. The first kappa shape index (κ1) is 19.5. The summed E-state index contributed by atoms with van der Waals surface area (Å²) in [6, 6.07) is 3.10. The van der Waals surface area contributed by atoms with Crippen molar-refractivity contribution in [2.45, 2.75) is 38.9 Å². The molecule has 0 aromatic heterocycles. The van der Waals surface area contributed by atoms with Crippen LogP contribution in [0.5, 0.6) is 11.5 Å². The number of phenols is 1. The van der Waals surface area contributed by atoms with Gasteiger partial charge < -0.3 is 24.5 Å². The summed E-state index contributed by atoms with van der Waals surface area (Å²) in [5, 5.41) is 13.5. The van der Waals surface area contributed by atoms with Crippen LogP contribution in [0.15, 0.2) is 17.6 Å². The highest BCUT2D eigenvalue weighted by molar-refractivity contribution is 6.56. The molecule has 136 valence electrons. The number of rotatable bonds is 6. The van der Waals surface area contributed by atoms with Crippen LogP contribution in [-0.2, 0) is 9.31 Å². The molecule has 1 heterocycles. The second-order valence-electron chi connectivity index (χ2n) is 7.12. The molecule has 0 atom stereocenters. The fraction of sp³-hybridized carbons (Fsp3) is 0.500. The molecule has 0 saturated carbocycles. The van der Waals surface area contributed by atoms with Crippen molar-refractivity contribution in [3.8, 4) is 11.5 Å². The maximum atomic E-state index is 11.2. The maximum Gasteiger partial charge on any atom is 0.491 e. The highest BCUT2D eigenvalue weighted by Crippen LogP contribution is 2.39. The van der Waals surface area contributed by atoms with E-state index in [1.165, 1.54) is 13.2 Å². The van der Waals surface area contributed by atoms with Gasteiger partial charge in [-0.1, -0.05) is 6.08 Å². The van der Waals surface area contributed by atoms with Crippen molar-refractivity contribution in [3.05, 3.63) is 28.7 Å². The highest BCUT2D eigenvalue weighted by atomic mass is 16.7. The van der Waals surface area contributed by atoms with Crippen LogP contribution in [0, 0.1) is 0 Å². The van der Waals surface area contributed by atoms with Crippen molar-refractivity contribution in [3.63, 3.8) is 0 Å². The number of hydrogen-bond donors (Lipinski definition) is 2.